The first-order valence-corrected chi connectivity index (χ1v) is 6.32. The molecule has 0 radical (unpaired) electrons. The molecule has 2 N–H and O–H groups in total. The van der Waals surface area contributed by atoms with Crippen LogP contribution in [-0.2, 0) is 4.79 Å². The summed E-state index contributed by atoms with van der Waals surface area (Å²) < 4.78 is 13.5. The number of benzene rings is 1. The third kappa shape index (κ3) is 3.81. The number of carbonyl (C=O) groups is 1. The fourth-order valence-electron chi connectivity index (χ4n) is 1.84. The van der Waals surface area contributed by atoms with Crippen molar-refractivity contribution in [3.8, 4) is 0 Å². The lowest BCUT2D eigenvalue weighted by atomic mass is 9.99. The number of amides is 1. The van der Waals surface area contributed by atoms with Gasteiger partial charge < -0.3 is 10.4 Å². The summed E-state index contributed by atoms with van der Waals surface area (Å²) in [5.74, 6) is -0.562. The number of rotatable bonds is 6. The fraction of sp³-hybridized carbons (Fsp3) is 0.500. The van der Waals surface area contributed by atoms with Gasteiger partial charge in [-0.25, -0.2) is 4.39 Å². The van der Waals surface area contributed by atoms with Crippen molar-refractivity contribution in [2.75, 3.05) is 0 Å². The second-order valence-electron chi connectivity index (χ2n) is 4.30. The van der Waals surface area contributed by atoms with Gasteiger partial charge >= 0.3 is 0 Å². The first-order valence-electron chi connectivity index (χ1n) is 6.32. The van der Waals surface area contributed by atoms with Crippen molar-refractivity contribution in [1.82, 2.24) is 5.32 Å². The Morgan fingerprint density at radius 2 is 2.06 bits per heavy atom. The highest BCUT2D eigenvalue weighted by atomic mass is 19.1. The van der Waals surface area contributed by atoms with Crippen molar-refractivity contribution in [2.24, 2.45) is 0 Å². The maximum absolute atomic E-state index is 13.5. The molecule has 0 fully saturated rings. The molecule has 1 aromatic rings. The summed E-state index contributed by atoms with van der Waals surface area (Å²) in [7, 11) is 0. The monoisotopic (exact) mass is 253 g/mol. The molecule has 0 saturated carbocycles. The van der Waals surface area contributed by atoms with Gasteiger partial charge in [0.05, 0.1) is 6.04 Å². The minimum absolute atomic E-state index is 0.111. The van der Waals surface area contributed by atoms with E-state index < -0.39 is 18.0 Å². The van der Waals surface area contributed by atoms with Gasteiger partial charge in [-0.3, -0.25) is 4.79 Å². The number of aliphatic hydroxyl groups is 1. The van der Waals surface area contributed by atoms with Crippen LogP contribution in [-0.4, -0.2) is 17.1 Å². The van der Waals surface area contributed by atoms with Gasteiger partial charge in [-0.05, 0) is 18.9 Å². The van der Waals surface area contributed by atoms with Crippen molar-refractivity contribution in [3.05, 3.63) is 35.6 Å². The van der Waals surface area contributed by atoms with Crippen molar-refractivity contribution >= 4 is 5.91 Å². The first-order chi connectivity index (χ1) is 8.60. The number of hydrogen-bond acceptors (Lipinski definition) is 2. The van der Waals surface area contributed by atoms with Crippen LogP contribution in [0.4, 0.5) is 4.39 Å². The minimum Gasteiger partial charge on any atom is -0.386 e. The molecule has 0 aliphatic heterocycles. The van der Waals surface area contributed by atoms with Crippen LogP contribution in [0, 0.1) is 5.82 Å². The molecule has 1 aromatic carbocycles. The van der Waals surface area contributed by atoms with Gasteiger partial charge in [0.1, 0.15) is 11.9 Å². The number of halogens is 1. The average molecular weight is 253 g/mol. The molecule has 18 heavy (non-hydrogen) atoms. The average Bonchev–Trinajstić information content (AvgIpc) is 2.36. The zero-order valence-corrected chi connectivity index (χ0v) is 10.8. The van der Waals surface area contributed by atoms with Crippen molar-refractivity contribution in [2.45, 2.75) is 45.3 Å². The van der Waals surface area contributed by atoms with Crippen LogP contribution in [0.15, 0.2) is 24.3 Å². The molecule has 0 heterocycles. The lowest BCUT2D eigenvalue weighted by molar-refractivity contribution is -0.122. The van der Waals surface area contributed by atoms with E-state index >= 15 is 0 Å². The molecule has 4 heteroatoms. The van der Waals surface area contributed by atoms with Crippen molar-refractivity contribution in [3.63, 3.8) is 0 Å². The Balaban J connectivity index is 2.76. The highest BCUT2D eigenvalue weighted by Crippen LogP contribution is 2.21. The highest BCUT2D eigenvalue weighted by molar-refractivity contribution is 5.76. The molecule has 3 nitrogen and oxygen atoms in total. The summed E-state index contributed by atoms with van der Waals surface area (Å²) in [5.41, 5.74) is 0.223. The van der Waals surface area contributed by atoms with Gasteiger partial charge in [0.25, 0.3) is 0 Å². The van der Waals surface area contributed by atoms with Gasteiger partial charge in [-0.15, -0.1) is 0 Å². The van der Waals surface area contributed by atoms with E-state index in [0.717, 1.165) is 6.42 Å². The Kier molecular flexibility index (Phi) is 5.78. The van der Waals surface area contributed by atoms with E-state index in [2.05, 4.69) is 5.32 Å². The highest BCUT2D eigenvalue weighted by Gasteiger charge is 2.23. The SMILES string of the molecule is CCCC(=O)N[C@@H](CC)[C@@H](O)c1ccccc1F. The topological polar surface area (TPSA) is 49.3 Å². The molecule has 0 aliphatic rings. The molecule has 1 amide bonds. The van der Waals surface area contributed by atoms with E-state index in [1.807, 2.05) is 13.8 Å². The van der Waals surface area contributed by atoms with Crippen molar-refractivity contribution < 1.29 is 14.3 Å². The molecule has 2 atom stereocenters. The zero-order chi connectivity index (χ0) is 13.5. The molecule has 0 saturated heterocycles. The molecule has 100 valence electrons. The van der Waals surface area contributed by atoms with Crippen LogP contribution in [0.3, 0.4) is 0 Å². The summed E-state index contributed by atoms with van der Waals surface area (Å²) in [6.07, 6.45) is 0.695. The summed E-state index contributed by atoms with van der Waals surface area (Å²) >= 11 is 0. The Labute approximate surface area is 107 Å². The third-order valence-corrected chi connectivity index (χ3v) is 2.87. The van der Waals surface area contributed by atoms with Gasteiger partial charge in [-0.1, -0.05) is 32.0 Å². The molecule has 0 aliphatic carbocycles. The fourth-order valence-corrected chi connectivity index (χ4v) is 1.84. The van der Waals surface area contributed by atoms with E-state index in [0.29, 0.717) is 12.8 Å². The first kappa shape index (κ1) is 14.6. The Morgan fingerprint density at radius 3 is 2.61 bits per heavy atom. The molecular formula is C14H20FNO2. The van der Waals surface area contributed by atoms with Gasteiger partial charge in [-0.2, -0.15) is 0 Å². The molecular weight excluding hydrogens is 233 g/mol. The lowest BCUT2D eigenvalue weighted by Gasteiger charge is -2.23. The summed E-state index contributed by atoms with van der Waals surface area (Å²) in [5, 5.41) is 12.9. The van der Waals surface area contributed by atoms with Crippen LogP contribution in [0.5, 0.6) is 0 Å². The summed E-state index contributed by atoms with van der Waals surface area (Å²) in [6.45, 7) is 3.76. The lowest BCUT2D eigenvalue weighted by Crippen LogP contribution is -2.39. The predicted molar refractivity (Wildman–Crippen MR) is 68.5 cm³/mol. The molecule has 1 rings (SSSR count). The maximum Gasteiger partial charge on any atom is 0.220 e. The number of hydrogen-bond donors (Lipinski definition) is 2. The summed E-state index contributed by atoms with van der Waals surface area (Å²) in [6, 6.07) is 5.62. The quantitative estimate of drug-likeness (QED) is 0.818. The van der Waals surface area contributed by atoms with Gasteiger partial charge in [0.2, 0.25) is 5.91 Å². The number of carbonyl (C=O) groups excluding carboxylic acids is 1. The Morgan fingerprint density at radius 1 is 1.39 bits per heavy atom. The molecule has 0 spiro atoms. The van der Waals surface area contributed by atoms with E-state index in [9.17, 15) is 14.3 Å². The normalized spacial score (nSPS) is 14.0. The van der Waals surface area contributed by atoms with Crippen molar-refractivity contribution in [1.29, 1.82) is 0 Å². The Bertz CT molecular complexity index is 395. The second kappa shape index (κ2) is 7.11. The van der Waals surface area contributed by atoms with E-state index in [1.165, 1.54) is 12.1 Å². The maximum atomic E-state index is 13.5. The van der Waals surface area contributed by atoms with E-state index in [1.54, 1.807) is 12.1 Å². The van der Waals surface area contributed by atoms with Gasteiger partial charge in [0.15, 0.2) is 0 Å². The molecule has 0 aromatic heterocycles. The number of aliphatic hydroxyl groups excluding tert-OH is 1. The van der Waals surface area contributed by atoms with E-state index in [4.69, 9.17) is 0 Å². The molecule has 0 bridgehead atoms. The smallest absolute Gasteiger partial charge is 0.220 e. The van der Waals surface area contributed by atoms with Crippen LogP contribution in [0.1, 0.15) is 44.8 Å². The standard InChI is InChI=1S/C14H20FNO2/c1-3-7-13(17)16-12(4-2)14(18)10-8-5-6-9-11(10)15/h5-6,8-9,12,14,18H,3-4,7H2,1-2H3,(H,16,17)/t12-,14-/m0/s1. The van der Waals surface area contributed by atoms with E-state index in [-0.39, 0.29) is 11.5 Å². The largest absolute Gasteiger partial charge is 0.386 e. The third-order valence-electron chi connectivity index (χ3n) is 2.87. The van der Waals surface area contributed by atoms with Crippen LogP contribution < -0.4 is 5.32 Å². The second-order valence-corrected chi connectivity index (χ2v) is 4.30. The van der Waals surface area contributed by atoms with Crippen LogP contribution in [0.2, 0.25) is 0 Å². The van der Waals surface area contributed by atoms with Crippen LogP contribution in [0.25, 0.3) is 0 Å². The number of nitrogens with one attached hydrogen (secondary N) is 1. The van der Waals surface area contributed by atoms with Gasteiger partial charge in [0, 0.05) is 12.0 Å². The molecule has 0 unspecified atom stereocenters. The minimum atomic E-state index is -1.02. The predicted octanol–water partition coefficient (Wildman–Crippen LogP) is 2.55. The Hall–Kier alpha value is -1.42. The zero-order valence-electron chi connectivity index (χ0n) is 10.8. The van der Waals surface area contributed by atoms with Crippen LogP contribution >= 0.6 is 0 Å². The summed E-state index contributed by atoms with van der Waals surface area (Å²) in [4.78, 5) is 11.5.